The minimum absolute atomic E-state index is 0.0161. The van der Waals surface area contributed by atoms with Crippen LogP contribution in [0, 0.1) is 5.92 Å². The predicted octanol–water partition coefficient (Wildman–Crippen LogP) is 1.33. The highest BCUT2D eigenvalue weighted by Crippen LogP contribution is 2.15. The second-order valence-corrected chi connectivity index (χ2v) is 6.43. The van der Waals surface area contributed by atoms with E-state index in [0.717, 1.165) is 32.7 Å². The average molecular weight is 319 g/mol. The quantitative estimate of drug-likeness (QED) is 0.796. The van der Waals surface area contributed by atoms with Crippen LogP contribution in [0.4, 0.5) is 5.69 Å². The molecule has 0 aliphatic carbocycles. The molecule has 1 aromatic carbocycles. The molecule has 5 nitrogen and oxygen atoms in total. The van der Waals surface area contributed by atoms with Gasteiger partial charge in [0.25, 0.3) is 0 Å². The molecule has 1 aliphatic rings. The van der Waals surface area contributed by atoms with Gasteiger partial charge in [0.15, 0.2) is 0 Å². The normalized spacial score (nSPS) is 18.5. The van der Waals surface area contributed by atoms with Crippen molar-refractivity contribution in [2.75, 3.05) is 44.2 Å². The van der Waals surface area contributed by atoms with Gasteiger partial charge >= 0.3 is 0 Å². The molecule has 2 N–H and O–H groups in total. The molecule has 1 aromatic rings. The molecule has 1 aliphatic heterocycles. The van der Waals surface area contributed by atoms with E-state index in [9.17, 15) is 4.79 Å². The molecule has 1 fully saturated rings. The topological polar surface area (TPSA) is 55.8 Å². The third-order valence-corrected chi connectivity index (χ3v) is 4.68. The van der Waals surface area contributed by atoms with E-state index in [1.165, 1.54) is 5.69 Å². The van der Waals surface area contributed by atoms with Crippen LogP contribution >= 0.6 is 0 Å². The molecule has 2 atom stereocenters. The van der Waals surface area contributed by atoms with Crippen LogP contribution in [0.1, 0.15) is 20.3 Å². The van der Waals surface area contributed by atoms with Crippen molar-refractivity contribution >= 4 is 11.6 Å². The predicted molar refractivity (Wildman–Crippen MR) is 93.6 cm³/mol. The van der Waals surface area contributed by atoms with E-state index < -0.39 is 0 Å². The summed E-state index contributed by atoms with van der Waals surface area (Å²) in [6, 6.07) is 10.5. The number of amides is 1. The zero-order valence-electron chi connectivity index (χ0n) is 14.2. The Morgan fingerprint density at radius 3 is 2.43 bits per heavy atom. The van der Waals surface area contributed by atoms with Gasteiger partial charge in [-0.25, -0.2) is 0 Å². The van der Waals surface area contributed by atoms with Gasteiger partial charge in [-0.05, 0) is 25.0 Å². The Morgan fingerprint density at radius 1 is 1.17 bits per heavy atom. The third-order valence-electron chi connectivity index (χ3n) is 4.68. The van der Waals surface area contributed by atoms with Gasteiger partial charge in [-0.3, -0.25) is 9.69 Å². The number of anilines is 1. The lowest BCUT2D eigenvalue weighted by Gasteiger charge is -2.36. The van der Waals surface area contributed by atoms with Gasteiger partial charge in [0, 0.05) is 57.5 Å². The summed E-state index contributed by atoms with van der Waals surface area (Å²) in [4.78, 5) is 16.7. The first-order chi connectivity index (χ1) is 11.1. The highest BCUT2D eigenvalue weighted by molar-refractivity contribution is 5.76. The molecule has 1 amide bonds. The van der Waals surface area contributed by atoms with Gasteiger partial charge in [0.2, 0.25) is 5.91 Å². The minimum Gasteiger partial charge on any atom is -0.396 e. The lowest BCUT2D eigenvalue weighted by atomic mass is 10.1. The number of rotatable bonds is 7. The number of benzene rings is 1. The SMILES string of the molecule is CC(CO)C(C)NC(=O)CCN1CCN(c2ccccc2)CC1. The van der Waals surface area contributed by atoms with E-state index in [0.29, 0.717) is 6.42 Å². The van der Waals surface area contributed by atoms with E-state index in [1.54, 1.807) is 0 Å². The lowest BCUT2D eigenvalue weighted by molar-refractivity contribution is -0.122. The van der Waals surface area contributed by atoms with Crippen molar-refractivity contribution in [2.24, 2.45) is 5.92 Å². The van der Waals surface area contributed by atoms with Crippen molar-refractivity contribution in [3.05, 3.63) is 30.3 Å². The maximum atomic E-state index is 12.0. The number of carbonyl (C=O) groups excluding carboxylic acids is 1. The van der Waals surface area contributed by atoms with Crippen LogP contribution in [0.2, 0.25) is 0 Å². The molecule has 128 valence electrons. The lowest BCUT2D eigenvalue weighted by Crippen LogP contribution is -2.47. The second-order valence-electron chi connectivity index (χ2n) is 6.43. The van der Waals surface area contributed by atoms with Crippen LogP contribution < -0.4 is 10.2 Å². The first-order valence-electron chi connectivity index (χ1n) is 8.52. The zero-order chi connectivity index (χ0) is 16.7. The molecule has 0 radical (unpaired) electrons. The van der Waals surface area contributed by atoms with E-state index in [1.807, 2.05) is 19.9 Å². The van der Waals surface area contributed by atoms with Crippen molar-refractivity contribution in [2.45, 2.75) is 26.3 Å². The molecule has 0 spiro atoms. The van der Waals surface area contributed by atoms with E-state index in [2.05, 4.69) is 39.4 Å². The summed E-state index contributed by atoms with van der Waals surface area (Å²) in [5.41, 5.74) is 1.27. The number of aliphatic hydroxyl groups is 1. The smallest absolute Gasteiger partial charge is 0.221 e. The molecular weight excluding hydrogens is 290 g/mol. The summed E-state index contributed by atoms with van der Waals surface area (Å²) in [5.74, 6) is 0.164. The van der Waals surface area contributed by atoms with E-state index >= 15 is 0 Å². The Bertz CT molecular complexity index is 472. The van der Waals surface area contributed by atoms with Crippen LogP contribution in [-0.2, 0) is 4.79 Å². The molecule has 5 heteroatoms. The van der Waals surface area contributed by atoms with Gasteiger partial charge in [-0.1, -0.05) is 25.1 Å². The van der Waals surface area contributed by atoms with Crippen LogP contribution in [0.25, 0.3) is 0 Å². The Labute approximate surface area is 139 Å². The fourth-order valence-electron chi connectivity index (χ4n) is 2.75. The first-order valence-corrected chi connectivity index (χ1v) is 8.52. The van der Waals surface area contributed by atoms with E-state index in [-0.39, 0.29) is 24.5 Å². The second kappa shape index (κ2) is 8.89. The van der Waals surface area contributed by atoms with Gasteiger partial charge in [-0.2, -0.15) is 0 Å². The van der Waals surface area contributed by atoms with Gasteiger partial charge < -0.3 is 15.3 Å². The number of hydrogen-bond donors (Lipinski definition) is 2. The Hall–Kier alpha value is -1.59. The fraction of sp³-hybridized carbons (Fsp3) is 0.611. The van der Waals surface area contributed by atoms with Crippen molar-refractivity contribution in [1.29, 1.82) is 0 Å². The molecule has 0 saturated carbocycles. The number of carbonyl (C=O) groups is 1. The molecule has 0 aromatic heterocycles. The maximum absolute atomic E-state index is 12.0. The number of nitrogens with zero attached hydrogens (tertiary/aromatic N) is 2. The largest absolute Gasteiger partial charge is 0.396 e. The number of para-hydroxylation sites is 1. The van der Waals surface area contributed by atoms with Crippen LogP contribution in [0.3, 0.4) is 0 Å². The average Bonchev–Trinajstić information content (AvgIpc) is 2.60. The van der Waals surface area contributed by atoms with Crippen molar-refractivity contribution < 1.29 is 9.90 Å². The fourth-order valence-corrected chi connectivity index (χ4v) is 2.75. The first kappa shape index (κ1) is 17.8. The number of hydrogen-bond acceptors (Lipinski definition) is 4. The monoisotopic (exact) mass is 319 g/mol. The summed E-state index contributed by atoms with van der Waals surface area (Å²) < 4.78 is 0. The maximum Gasteiger partial charge on any atom is 0.221 e. The van der Waals surface area contributed by atoms with E-state index in [4.69, 9.17) is 5.11 Å². The van der Waals surface area contributed by atoms with Gasteiger partial charge in [0.1, 0.15) is 0 Å². The number of piperazine rings is 1. The molecule has 23 heavy (non-hydrogen) atoms. The summed E-state index contributed by atoms with van der Waals surface area (Å²) in [5, 5.41) is 12.1. The van der Waals surface area contributed by atoms with Gasteiger partial charge in [-0.15, -0.1) is 0 Å². The summed E-state index contributed by atoms with van der Waals surface area (Å²) in [6.07, 6.45) is 0.522. The molecule has 2 rings (SSSR count). The number of nitrogens with one attached hydrogen (secondary N) is 1. The van der Waals surface area contributed by atoms with Crippen molar-refractivity contribution in [3.8, 4) is 0 Å². The Balaban J connectivity index is 1.67. The van der Waals surface area contributed by atoms with Crippen LogP contribution in [-0.4, -0.2) is 61.3 Å². The standard InChI is InChI=1S/C18H29N3O2/c1-15(14-22)16(2)19-18(23)8-9-20-10-12-21(13-11-20)17-6-4-3-5-7-17/h3-7,15-16,22H,8-14H2,1-2H3,(H,19,23). The van der Waals surface area contributed by atoms with Crippen molar-refractivity contribution in [1.82, 2.24) is 10.2 Å². The van der Waals surface area contributed by atoms with Gasteiger partial charge in [0.05, 0.1) is 0 Å². The Morgan fingerprint density at radius 2 is 1.83 bits per heavy atom. The molecule has 1 heterocycles. The molecule has 1 saturated heterocycles. The zero-order valence-corrected chi connectivity index (χ0v) is 14.2. The highest BCUT2D eigenvalue weighted by atomic mass is 16.3. The van der Waals surface area contributed by atoms with Crippen LogP contribution in [0.15, 0.2) is 30.3 Å². The molecular formula is C18H29N3O2. The third kappa shape index (κ3) is 5.52. The molecule has 2 unspecified atom stereocenters. The highest BCUT2D eigenvalue weighted by Gasteiger charge is 2.19. The molecule has 0 bridgehead atoms. The number of aliphatic hydroxyl groups excluding tert-OH is 1. The van der Waals surface area contributed by atoms with Crippen molar-refractivity contribution in [3.63, 3.8) is 0 Å². The Kier molecular flexibility index (Phi) is 6.86. The summed E-state index contributed by atoms with van der Waals surface area (Å²) >= 11 is 0. The summed E-state index contributed by atoms with van der Waals surface area (Å²) in [6.45, 7) is 8.77. The van der Waals surface area contributed by atoms with Crippen LogP contribution in [0.5, 0.6) is 0 Å². The minimum atomic E-state index is 0.0161. The summed E-state index contributed by atoms with van der Waals surface area (Å²) in [7, 11) is 0.